The van der Waals surface area contributed by atoms with E-state index in [1.165, 1.54) is 26.0 Å². The van der Waals surface area contributed by atoms with Gasteiger partial charge in [0.1, 0.15) is 6.54 Å². The molecule has 0 saturated carbocycles. The Labute approximate surface area is 159 Å². The summed E-state index contributed by atoms with van der Waals surface area (Å²) in [6, 6.07) is 6.55. The highest BCUT2D eigenvalue weighted by Gasteiger charge is 2.31. The number of sulfonamides is 1. The molecule has 0 aliphatic carbocycles. The number of nitro groups is 2. The van der Waals surface area contributed by atoms with Crippen LogP contribution in [0.25, 0.3) is 0 Å². The zero-order valence-electron chi connectivity index (χ0n) is 14.7. The van der Waals surface area contributed by atoms with Crippen LogP contribution in [0, 0.1) is 34.1 Å². The number of carboxylic acid groups (broad SMARTS) is 1. The van der Waals surface area contributed by atoms with E-state index in [0.717, 1.165) is 24.3 Å². The quantitative estimate of drug-likeness (QED) is 0.538. The smallest absolute Gasteiger partial charge is 0.324 e. The highest BCUT2D eigenvalue weighted by Crippen LogP contribution is 2.32. The Balaban J connectivity index is 2.71. The first kappa shape index (κ1) is 20.8. The highest BCUT2D eigenvalue weighted by molar-refractivity contribution is 7.92. The molecule has 0 unspecified atom stereocenters. The molecule has 28 heavy (non-hydrogen) atoms. The largest absolute Gasteiger partial charge is 0.480 e. The number of aryl methyl sites for hydroxylation is 2. The average molecular weight is 409 g/mol. The molecule has 0 saturated heterocycles. The highest BCUT2D eigenvalue weighted by atomic mass is 32.2. The van der Waals surface area contributed by atoms with Crippen LogP contribution in [0.3, 0.4) is 0 Å². The fourth-order valence-electron chi connectivity index (χ4n) is 2.48. The molecule has 0 aromatic heterocycles. The van der Waals surface area contributed by atoms with Crippen LogP contribution in [-0.2, 0) is 14.8 Å². The number of nitrogens with zero attached hydrogens (tertiary/aromatic N) is 3. The molecule has 2 rings (SSSR count). The first-order valence-corrected chi connectivity index (χ1v) is 9.13. The molecular weight excluding hydrogens is 394 g/mol. The van der Waals surface area contributed by atoms with Crippen molar-refractivity contribution < 1.29 is 28.2 Å². The molecule has 0 fully saturated rings. The van der Waals surface area contributed by atoms with Crippen molar-refractivity contribution in [2.24, 2.45) is 0 Å². The maximum atomic E-state index is 13.1. The molecule has 0 bridgehead atoms. The molecule has 0 aliphatic rings. The minimum atomic E-state index is -4.56. The Hall–Kier alpha value is -3.54. The second-order valence-corrected chi connectivity index (χ2v) is 7.70. The third kappa shape index (κ3) is 4.06. The van der Waals surface area contributed by atoms with Gasteiger partial charge in [0.2, 0.25) is 0 Å². The molecule has 0 heterocycles. The summed E-state index contributed by atoms with van der Waals surface area (Å²) in [7, 11) is -4.56. The monoisotopic (exact) mass is 409 g/mol. The fourth-order valence-corrected chi connectivity index (χ4v) is 3.97. The number of hydrogen-bond acceptors (Lipinski definition) is 7. The van der Waals surface area contributed by atoms with Crippen molar-refractivity contribution in [3.63, 3.8) is 0 Å². The molecule has 0 radical (unpaired) electrons. The van der Waals surface area contributed by atoms with E-state index < -0.39 is 48.7 Å². The summed E-state index contributed by atoms with van der Waals surface area (Å²) < 4.78 is 26.6. The summed E-state index contributed by atoms with van der Waals surface area (Å²) >= 11 is 0. The van der Waals surface area contributed by atoms with Crippen LogP contribution in [0.15, 0.2) is 41.3 Å². The summed E-state index contributed by atoms with van der Waals surface area (Å²) in [5.41, 5.74) is -0.592. The minimum absolute atomic E-state index is 0.208. The van der Waals surface area contributed by atoms with Crippen molar-refractivity contribution >= 4 is 33.1 Å². The van der Waals surface area contributed by atoms with Gasteiger partial charge in [-0.15, -0.1) is 0 Å². The Bertz CT molecular complexity index is 1080. The van der Waals surface area contributed by atoms with Crippen molar-refractivity contribution in [2.45, 2.75) is 18.7 Å². The normalized spacial score (nSPS) is 11.1. The maximum absolute atomic E-state index is 13.1. The van der Waals surface area contributed by atoms with Crippen LogP contribution in [0.5, 0.6) is 0 Å². The molecule has 148 valence electrons. The van der Waals surface area contributed by atoms with Crippen molar-refractivity contribution in [3.8, 4) is 0 Å². The van der Waals surface area contributed by atoms with Crippen molar-refractivity contribution in [1.82, 2.24) is 0 Å². The van der Waals surface area contributed by atoms with Gasteiger partial charge >= 0.3 is 5.97 Å². The molecule has 2 aromatic carbocycles. The summed E-state index contributed by atoms with van der Waals surface area (Å²) in [6.07, 6.45) is 0. The van der Waals surface area contributed by atoms with Gasteiger partial charge in [0.05, 0.1) is 20.4 Å². The number of hydrogen-bond donors (Lipinski definition) is 1. The minimum Gasteiger partial charge on any atom is -0.480 e. The summed E-state index contributed by atoms with van der Waals surface area (Å²) in [6.45, 7) is 1.86. The lowest BCUT2D eigenvalue weighted by molar-refractivity contribution is -0.385. The van der Waals surface area contributed by atoms with Crippen LogP contribution >= 0.6 is 0 Å². The van der Waals surface area contributed by atoms with Crippen LogP contribution < -0.4 is 4.31 Å². The lowest BCUT2D eigenvalue weighted by Gasteiger charge is -2.24. The van der Waals surface area contributed by atoms with E-state index in [4.69, 9.17) is 5.11 Å². The molecule has 0 spiro atoms. The van der Waals surface area contributed by atoms with Gasteiger partial charge in [0.15, 0.2) is 0 Å². The predicted octanol–water partition coefficient (Wildman–Crippen LogP) is 2.40. The number of non-ortho nitro benzene ring substituents is 1. The molecule has 0 atom stereocenters. The average Bonchev–Trinajstić information content (AvgIpc) is 2.59. The molecule has 11 nitrogen and oxygen atoms in total. The Morgan fingerprint density at radius 2 is 1.64 bits per heavy atom. The van der Waals surface area contributed by atoms with E-state index in [1.54, 1.807) is 0 Å². The zero-order chi connectivity index (χ0) is 21.2. The van der Waals surface area contributed by atoms with Gasteiger partial charge in [-0.25, -0.2) is 8.42 Å². The zero-order valence-corrected chi connectivity index (χ0v) is 15.5. The van der Waals surface area contributed by atoms with Gasteiger partial charge in [-0.3, -0.25) is 29.3 Å². The molecule has 12 heteroatoms. The van der Waals surface area contributed by atoms with Gasteiger partial charge in [-0.05, 0) is 25.5 Å². The Morgan fingerprint density at radius 3 is 2.18 bits per heavy atom. The third-order valence-corrected chi connectivity index (χ3v) is 5.67. The van der Waals surface area contributed by atoms with E-state index in [-0.39, 0.29) is 16.8 Å². The van der Waals surface area contributed by atoms with E-state index in [0.29, 0.717) is 4.31 Å². The first-order valence-electron chi connectivity index (χ1n) is 7.69. The Morgan fingerprint density at radius 1 is 1.04 bits per heavy atom. The number of carboxylic acids is 1. The number of benzene rings is 2. The topological polar surface area (TPSA) is 161 Å². The third-order valence-electron chi connectivity index (χ3n) is 3.92. The predicted molar refractivity (Wildman–Crippen MR) is 97.8 cm³/mol. The second-order valence-electron chi connectivity index (χ2n) is 5.84. The number of rotatable bonds is 7. The molecule has 1 N–H and O–H groups in total. The molecule has 0 aliphatic heterocycles. The van der Waals surface area contributed by atoms with E-state index >= 15 is 0 Å². The number of anilines is 1. The fraction of sp³-hybridized carbons (Fsp3) is 0.188. The van der Waals surface area contributed by atoms with Crippen molar-refractivity contribution in [3.05, 3.63) is 67.8 Å². The molecule has 0 amide bonds. The lowest BCUT2D eigenvalue weighted by atomic mass is 10.2. The summed E-state index contributed by atoms with van der Waals surface area (Å²) in [5, 5.41) is 31.3. The number of carbonyl (C=O) groups is 1. The van der Waals surface area contributed by atoms with Crippen LogP contribution in [-0.4, -0.2) is 35.9 Å². The number of nitro benzene ring substituents is 2. The van der Waals surface area contributed by atoms with Gasteiger partial charge in [0, 0.05) is 23.8 Å². The first-order chi connectivity index (χ1) is 12.9. The summed E-state index contributed by atoms with van der Waals surface area (Å²) in [4.78, 5) is 31.4. The van der Waals surface area contributed by atoms with Crippen LogP contribution in [0.4, 0.5) is 17.1 Å². The van der Waals surface area contributed by atoms with E-state index in [1.807, 2.05) is 0 Å². The van der Waals surface area contributed by atoms with Gasteiger partial charge in [-0.1, -0.05) is 12.1 Å². The van der Waals surface area contributed by atoms with Gasteiger partial charge in [-0.2, -0.15) is 0 Å². The van der Waals surface area contributed by atoms with E-state index in [2.05, 4.69) is 0 Å². The molecular formula is C16H15N3O8S. The Kier molecular flexibility index (Phi) is 5.64. The SMILES string of the molecule is Cc1ccc([N+](=O)[O-])cc1N(CC(=O)O)S(=O)(=O)c1ccc(C)c([N+](=O)[O-])c1. The van der Waals surface area contributed by atoms with Crippen molar-refractivity contribution in [2.75, 3.05) is 10.8 Å². The van der Waals surface area contributed by atoms with E-state index in [9.17, 15) is 33.4 Å². The number of aliphatic carboxylic acids is 1. The summed E-state index contributed by atoms with van der Waals surface area (Å²) in [5.74, 6) is -1.50. The van der Waals surface area contributed by atoms with Gasteiger partial charge in [0.25, 0.3) is 21.4 Å². The maximum Gasteiger partial charge on any atom is 0.324 e. The van der Waals surface area contributed by atoms with Crippen LogP contribution in [0.2, 0.25) is 0 Å². The molecule has 2 aromatic rings. The van der Waals surface area contributed by atoms with Gasteiger partial charge < -0.3 is 5.11 Å². The van der Waals surface area contributed by atoms with Crippen LogP contribution in [0.1, 0.15) is 11.1 Å². The second kappa shape index (κ2) is 7.60. The lowest BCUT2D eigenvalue weighted by Crippen LogP contribution is -2.36. The van der Waals surface area contributed by atoms with Crippen molar-refractivity contribution in [1.29, 1.82) is 0 Å². The standard InChI is InChI=1S/C16H15N3O8S/c1-10-3-5-12(18(22)23)7-14(10)17(9-16(20)21)28(26,27)13-6-4-11(2)15(8-13)19(24)25/h3-8H,9H2,1-2H3,(H,20,21).